The lowest BCUT2D eigenvalue weighted by molar-refractivity contribution is 0.0552. The second-order valence-corrected chi connectivity index (χ2v) is 6.81. The maximum atomic E-state index is 11.9. The van der Waals surface area contributed by atoms with Crippen LogP contribution >= 0.6 is 12.4 Å². The molecule has 0 N–H and O–H groups in total. The van der Waals surface area contributed by atoms with E-state index in [9.17, 15) is 4.79 Å². The summed E-state index contributed by atoms with van der Waals surface area (Å²) in [5.74, 6) is 0. The average molecular weight is 364 g/mol. The molecule has 1 rings (SSSR count). The van der Waals surface area contributed by atoms with Crippen LogP contribution < -0.4 is 0 Å². The number of piperazine rings is 1. The van der Waals surface area contributed by atoms with Crippen molar-refractivity contribution in [3.8, 4) is 0 Å². The monoisotopic (exact) mass is 363 g/mol. The fraction of sp³-hybridized carbons (Fsp3) is 0.944. The van der Waals surface area contributed by atoms with Gasteiger partial charge in [-0.1, -0.05) is 26.7 Å². The molecular formula is C18H38ClN3O2. The molecule has 0 atom stereocenters. The van der Waals surface area contributed by atoms with Gasteiger partial charge in [0.25, 0.3) is 0 Å². The minimum Gasteiger partial charge on any atom is -0.447 e. The van der Waals surface area contributed by atoms with Crippen molar-refractivity contribution in [3.63, 3.8) is 0 Å². The lowest BCUT2D eigenvalue weighted by Crippen LogP contribution is -2.50. The summed E-state index contributed by atoms with van der Waals surface area (Å²) in [7, 11) is 0. The van der Waals surface area contributed by atoms with Gasteiger partial charge in [0.15, 0.2) is 0 Å². The number of nitrogens with zero attached hydrogens (tertiary/aromatic N) is 3. The summed E-state index contributed by atoms with van der Waals surface area (Å²) in [5, 5.41) is 0. The smallest absolute Gasteiger partial charge is 0.410 e. The summed E-state index contributed by atoms with van der Waals surface area (Å²) in [4.78, 5) is 18.8. The van der Waals surface area contributed by atoms with Gasteiger partial charge in [-0.25, -0.2) is 4.79 Å². The van der Waals surface area contributed by atoms with E-state index in [4.69, 9.17) is 4.74 Å². The highest BCUT2D eigenvalue weighted by atomic mass is 35.5. The molecule has 0 aromatic heterocycles. The van der Waals surface area contributed by atoms with E-state index in [0.29, 0.717) is 0 Å². The fourth-order valence-corrected chi connectivity index (χ4v) is 2.81. The van der Waals surface area contributed by atoms with Gasteiger partial charge in [-0.3, -0.25) is 4.90 Å². The van der Waals surface area contributed by atoms with Crippen LogP contribution in [-0.4, -0.2) is 79.3 Å². The van der Waals surface area contributed by atoms with Crippen molar-refractivity contribution in [2.45, 2.75) is 59.5 Å². The Kier molecular flexibility index (Phi) is 13.4. The summed E-state index contributed by atoms with van der Waals surface area (Å²) in [6.07, 6.45) is 4.91. The Morgan fingerprint density at radius 2 is 1.54 bits per heavy atom. The van der Waals surface area contributed by atoms with Crippen LogP contribution in [0.2, 0.25) is 0 Å². The highest BCUT2D eigenvalue weighted by Gasteiger charge is 2.22. The summed E-state index contributed by atoms with van der Waals surface area (Å²) in [6.45, 7) is 16.5. The van der Waals surface area contributed by atoms with Gasteiger partial charge in [-0.15, -0.1) is 12.4 Å². The second-order valence-electron chi connectivity index (χ2n) is 6.81. The zero-order chi connectivity index (χ0) is 17.1. The van der Waals surface area contributed by atoms with Crippen LogP contribution in [0.4, 0.5) is 4.79 Å². The van der Waals surface area contributed by atoms with Gasteiger partial charge in [-0.2, -0.15) is 0 Å². The first kappa shape index (κ1) is 23.5. The molecule has 24 heavy (non-hydrogen) atoms. The first-order valence-corrected chi connectivity index (χ1v) is 9.47. The lowest BCUT2D eigenvalue weighted by atomic mass is 10.2. The molecule has 6 heteroatoms. The number of halogens is 1. The molecule has 0 radical (unpaired) electrons. The summed E-state index contributed by atoms with van der Waals surface area (Å²) in [5.41, 5.74) is 0. The van der Waals surface area contributed by atoms with Crippen molar-refractivity contribution in [2.75, 3.05) is 52.4 Å². The maximum Gasteiger partial charge on any atom is 0.410 e. The number of hydrogen-bond donors (Lipinski definition) is 0. The number of hydrogen-bond acceptors (Lipinski definition) is 4. The first-order valence-electron chi connectivity index (χ1n) is 9.47. The van der Waals surface area contributed by atoms with Gasteiger partial charge in [-0.05, 0) is 39.8 Å². The van der Waals surface area contributed by atoms with Crippen LogP contribution in [-0.2, 0) is 4.74 Å². The number of amides is 1. The molecule has 144 valence electrons. The van der Waals surface area contributed by atoms with E-state index in [1.807, 2.05) is 18.7 Å². The normalized spacial score (nSPS) is 15.7. The molecule has 1 saturated heterocycles. The van der Waals surface area contributed by atoms with Gasteiger partial charge in [0.1, 0.15) is 0 Å². The van der Waals surface area contributed by atoms with E-state index in [1.54, 1.807) is 0 Å². The molecule has 0 aromatic carbocycles. The van der Waals surface area contributed by atoms with E-state index in [2.05, 4.69) is 23.6 Å². The molecule has 5 nitrogen and oxygen atoms in total. The summed E-state index contributed by atoms with van der Waals surface area (Å²) in [6, 6.07) is 0. The van der Waals surface area contributed by atoms with Gasteiger partial charge >= 0.3 is 6.09 Å². The molecule has 1 amide bonds. The van der Waals surface area contributed by atoms with Crippen LogP contribution in [0.1, 0.15) is 53.4 Å². The zero-order valence-electron chi connectivity index (χ0n) is 16.1. The van der Waals surface area contributed by atoms with Crippen LogP contribution in [0.15, 0.2) is 0 Å². The highest BCUT2D eigenvalue weighted by molar-refractivity contribution is 5.85. The van der Waals surface area contributed by atoms with E-state index in [0.717, 1.165) is 39.3 Å². The topological polar surface area (TPSA) is 36.0 Å². The Balaban J connectivity index is 0.00000529. The minimum atomic E-state index is -0.160. The first-order chi connectivity index (χ1) is 11.1. The Labute approximate surface area is 155 Å². The molecule has 1 aliphatic heterocycles. The van der Waals surface area contributed by atoms with Crippen molar-refractivity contribution in [1.82, 2.24) is 14.7 Å². The number of carbonyl (C=O) groups is 1. The van der Waals surface area contributed by atoms with Crippen LogP contribution in [0.25, 0.3) is 0 Å². The standard InChI is InChI=1S/C18H37N3O2.ClH/c1-5-7-9-19(10-8-6-2)11-12-20-13-15-21(16-14-20)18(22)23-17(3)4;/h17H,5-16H2,1-4H3;1H. The van der Waals surface area contributed by atoms with E-state index in [-0.39, 0.29) is 24.6 Å². The Bertz CT molecular complexity index is 313. The van der Waals surface area contributed by atoms with Gasteiger partial charge in [0, 0.05) is 39.3 Å². The Morgan fingerprint density at radius 3 is 2.00 bits per heavy atom. The predicted molar refractivity (Wildman–Crippen MR) is 103 cm³/mol. The van der Waals surface area contributed by atoms with Crippen LogP contribution in [0.3, 0.4) is 0 Å². The quantitative estimate of drug-likeness (QED) is 0.595. The second kappa shape index (κ2) is 13.7. The highest BCUT2D eigenvalue weighted by Crippen LogP contribution is 2.06. The lowest BCUT2D eigenvalue weighted by Gasteiger charge is -2.35. The molecule has 0 bridgehead atoms. The van der Waals surface area contributed by atoms with Gasteiger partial charge < -0.3 is 14.5 Å². The van der Waals surface area contributed by atoms with Crippen molar-refractivity contribution in [1.29, 1.82) is 0 Å². The number of unbranched alkanes of at least 4 members (excludes halogenated alkanes) is 2. The van der Waals surface area contributed by atoms with Gasteiger partial charge in [0.2, 0.25) is 0 Å². The van der Waals surface area contributed by atoms with E-state index < -0.39 is 0 Å². The molecular weight excluding hydrogens is 326 g/mol. The average Bonchev–Trinajstić information content (AvgIpc) is 2.54. The maximum absolute atomic E-state index is 11.9. The van der Waals surface area contributed by atoms with Crippen LogP contribution in [0, 0.1) is 0 Å². The molecule has 0 spiro atoms. The number of rotatable bonds is 10. The largest absolute Gasteiger partial charge is 0.447 e. The fourth-order valence-electron chi connectivity index (χ4n) is 2.81. The van der Waals surface area contributed by atoms with E-state index in [1.165, 1.54) is 38.8 Å². The summed E-state index contributed by atoms with van der Waals surface area (Å²) < 4.78 is 5.27. The molecule has 0 aromatic rings. The molecule has 1 fully saturated rings. The minimum absolute atomic E-state index is 0. The summed E-state index contributed by atoms with van der Waals surface area (Å²) >= 11 is 0. The third-order valence-corrected chi connectivity index (χ3v) is 4.36. The van der Waals surface area contributed by atoms with E-state index >= 15 is 0 Å². The molecule has 0 unspecified atom stereocenters. The van der Waals surface area contributed by atoms with Crippen LogP contribution in [0.5, 0.6) is 0 Å². The number of carbonyl (C=O) groups excluding carboxylic acids is 1. The Morgan fingerprint density at radius 1 is 1.00 bits per heavy atom. The number of ether oxygens (including phenoxy) is 1. The molecule has 1 aliphatic rings. The third kappa shape index (κ3) is 9.70. The molecule has 0 saturated carbocycles. The van der Waals surface area contributed by atoms with Crippen molar-refractivity contribution in [3.05, 3.63) is 0 Å². The van der Waals surface area contributed by atoms with Gasteiger partial charge in [0.05, 0.1) is 6.10 Å². The van der Waals surface area contributed by atoms with Crippen molar-refractivity contribution < 1.29 is 9.53 Å². The third-order valence-electron chi connectivity index (χ3n) is 4.36. The molecule has 0 aliphatic carbocycles. The predicted octanol–water partition coefficient (Wildman–Crippen LogP) is 3.47. The van der Waals surface area contributed by atoms with Crippen molar-refractivity contribution in [2.24, 2.45) is 0 Å². The Hall–Kier alpha value is -0.520. The van der Waals surface area contributed by atoms with Crippen molar-refractivity contribution >= 4 is 18.5 Å². The SMILES string of the molecule is CCCCN(CCCC)CCN1CCN(C(=O)OC(C)C)CC1.Cl. The molecule has 1 heterocycles. The zero-order valence-corrected chi connectivity index (χ0v) is 16.9.